The van der Waals surface area contributed by atoms with E-state index >= 15 is 0 Å². The van der Waals surface area contributed by atoms with E-state index in [2.05, 4.69) is 5.32 Å². The first-order chi connectivity index (χ1) is 8.24. The van der Waals surface area contributed by atoms with E-state index in [9.17, 15) is 0 Å². The Kier molecular flexibility index (Phi) is 2.85. The van der Waals surface area contributed by atoms with E-state index < -0.39 is 0 Å². The number of benzene rings is 1. The first kappa shape index (κ1) is 11.1. The zero-order valence-electron chi connectivity index (χ0n) is 9.92. The summed E-state index contributed by atoms with van der Waals surface area (Å²) >= 11 is 6.09. The molecule has 1 N–H and O–H groups in total. The highest BCUT2D eigenvalue weighted by Crippen LogP contribution is 2.28. The monoisotopic (exact) mass is 249 g/mol. The maximum absolute atomic E-state index is 6.09. The molecule has 3 heteroatoms. The van der Waals surface area contributed by atoms with Crippen LogP contribution in [-0.4, -0.2) is 12.6 Å². The van der Waals surface area contributed by atoms with Crippen LogP contribution < -0.4 is 5.32 Å². The van der Waals surface area contributed by atoms with Gasteiger partial charge in [0.2, 0.25) is 0 Å². The van der Waals surface area contributed by atoms with Crippen LogP contribution in [0.1, 0.15) is 24.0 Å². The fourth-order valence-corrected chi connectivity index (χ4v) is 2.48. The molecule has 17 heavy (non-hydrogen) atoms. The van der Waals surface area contributed by atoms with Crippen molar-refractivity contribution in [3.63, 3.8) is 0 Å². The second kappa shape index (κ2) is 4.35. The molecule has 0 unspecified atom stereocenters. The molecule has 1 aliphatic rings. The van der Waals surface area contributed by atoms with Crippen molar-refractivity contribution < 1.29 is 4.42 Å². The molecule has 0 atom stereocenters. The van der Waals surface area contributed by atoms with Crippen LogP contribution in [0.25, 0.3) is 11.0 Å². The van der Waals surface area contributed by atoms with Gasteiger partial charge in [-0.25, -0.2) is 0 Å². The molecule has 1 saturated carbocycles. The number of rotatable bonds is 4. The first-order valence-electron chi connectivity index (χ1n) is 6.13. The first-order valence-corrected chi connectivity index (χ1v) is 6.51. The quantitative estimate of drug-likeness (QED) is 0.894. The third kappa shape index (κ3) is 2.33. The summed E-state index contributed by atoms with van der Waals surface area (Å²) in [4.78, 5) is 0. The maximum Gasteiger partial charge on any atom is 0.137 e. The summed E-state index contributed by atoms with van der Waals surface area (Å²) in [6.45, 7) is 3.05. The van der Waals surface area contributed by atoms with Crippen molar-refractivity contribution in [3.8, 4) is 0 Å². The van der Waals surface area contributed by atoms with Crippen molar-refractivity contribution in [1.82, 2.24) is 5.32 Å². The van der Waals surface area contributed by atoms with E-state index in [0.29, 0.717) is 0 Å². The Hall–Kier alpha value is -0.990. The van der Waals surface area contributed by atoms with Gasteiger partial charge in [-0.1, -0.05) is 11.6 Å². The van der Waals surface area contributed by atoms with Crippen molar-refractivity contribution in [2.24, 2.45) is 0 Å². The Bertz CT molecular complexity index is 542. The highest BCUT2D eigenvalue weighted by molar-refractivity contribution is 6.31. The van der Waals surface area contributed by atoms with Crippen molar-refractivity contribution in [2.75, 3.05) is 6.54 Å². The Morgan fingerprint density at radius 3 is 3.00 bits per heavy atom. The third-order valence-corrected chi connectivity index (χ3v) is 3.53. The second-order valence-corrected chi connectivity index (χ2v) is 5.28. The van der Waals surface area contributed by atoms with E-state index in [1.807, 2.05) is 25.3 Å². The second-order valence-electron chi connectivity index (χ2n) is 4.84. The number of hydrogen-bond donors (Lipinski definition) is 1. The van der Waals surface area contributed by atoms with E-state index in [4.69, 9.17) is 16.0 Å². The predicted octanol–water partition coefficient (Wildman–Crippen LogP) is 3.69. The zero-order chi connectivity index (χ0) is 11.8. The maximum atomic E-state index is 6.09. The summed E-state index contributed by atoms with van der Waals surface area (Å²) in [6.07, 6.45) is 5.53. The lowest BCUT2D eigenvalue weighted by Gasteiger charge is -2.02. The topological polar surface area (TPSA) is 25.2 Å². The molecule has 1 heterocycles. The van der Waals surface area contributed by atoms with E-state index in [1.165, 1.54) is 18.4 Å². The van der Waals surface area contributed by atoms with Gasteiger partial charge in [0.1, 0.15) is 5.58 Å². The molecule has 0 bridgehead atoms. The Balaban J connectivity index is 1.83. The summed E-state index contributed by atoms with van der Waals surface area (Å²) in [5.41, 5.74) is 3.32. The average molecular weight is 250 g/mol. The largest absolute Gasteiger partial charge is 0.464 e. The van der Waals surface area contributed by atoms with Gasteiger partial charge in [0.25, 0.3) is 0 Å². The lowest BCUT2D eigenvalue weighted by Crippen LogP contribution is -2.19. The number of fused-ring (bicyclic) bond motifs is 1. The van der Waals surface area contributed by atoms with E-state index in [0.717, 1.165) is 40.6 Å². The highest BCUT2D eigenvalue weighted by atomic mass is 35.5. The lowest BCUT2D eigenvalue weighted by atomic mass is 10.1. The number of aryl methyl sites for hydroxylation is 1. The molecule has 0 saturated heterocycles. The summed E-state index contributed by atoms with van der Waals surface area (Å²) < 4.78 is 5.62. The van der Waals surface area contributed by atoms with Crippen LogP contribution in [0, 0.1) is 6.92 Å². The minimum Gasteiger partial charge on any atom is -0.464 e. The minimum atomic E-state index is 0.762. The van der Waals surface area contributed by atoms with Gasteiger partial charge in [-0.2, -0.15) is 0 Å². The molecule has 0 radical (unpaired) electrons. The molecule has 3 rings (SSSR count). The van der Waals surface area contributed by atoms with Crippen LogP contribution in [0.2, 0.25) is 5.02 Å². The smallest absolute Gasteiger partial charge is 0.137 e. The van der Waals surface area contributed by atoms with Gasteiger partial charge < -0.3 is 9.73 Å². The van der Waals surface area contributed by atoms with E-state index in [1.54, 1.807) is 0 Å². The molecule has 1 aromatic heterocycles. The van der Waals surface area contributed by atoms with Crippen LogP contribution in [0.5, 0.6) is 0 Å². The number of hydrogen-bond acceptors (Lipinski definition) is 2. The van der Waals surface area contributed by atoms with Gasteiger partial charge in [0.15, 0.2) is 0 Å². The van der Waals surface area contributed by atoms with Crippen molar-refractivity contribution >= 4 is 22.6 Å². The van der Waals surface area contributed by atoms with Gasteiger partial charge in [-0.15, -0.1) is 0 Å². The molecule has 2 aromatic rings. The van der Waals surface area contributed by atoms with Gasteiger partial charge in [0, 0.05) is 16.5 Å². The minimum absolute atomic E-state index is 0.762. The average Bonchev–Trinajstić information content (AvgIpc) is 3.01. The molecular formula is C14H16ClNO. The Labute approximate surface area is 106 Å². The zero-order valence-corrected chi connectivity index (χ0v) is 10.7. The van der Waals surface area contributed by atoms with Crippen LogP contribution >= 0.6 is 11.6 Å². The summed E-state index contributed by atoms with van der Waals surface area (Å²) in [6, 6.07) is 4.71. The van der Waals surface area contributed by atoms with Crippen molar-refractivity contribution in [2.45, 2.75) is 32.2 Å². The Morgan fingerprint density at radius 1 is 1.41 bits per heavy atom. The van der Waals surface area contributed by atoms with Gasteiger partial charge >= 0.3 is 0 Å². The molecule has 2 nitrogen and oxygen atoms in total. The lowest BCUT2D eigenvalue weighted by molar-refractivity contribution is 0.603. The molecule has 1 fully saturated rings. The predicted molar refractivity (Wildman–Crippen MR) is 70.7 cm³/mol. The molecule has 1 aromatic carbocycles. The van der Waals surface area contributed by atoms with Gasteiger partial charge in [0.05, 0.1) is 6.26 Å². The molecular weight excluding hydrogens is 234 g/mol. The standard InChI is InChI=1S/C14H16ClNO/c1-9-6-11(15)7-13-10(8-17-14(9)13)4-5-16-12-2-3-12/h6-8,12,16H,2-5H2,1H3. The normalized spacial score (nSPS) is 15.6. The van der Waals surface area contributed by atoms with Crippen LogP contribution in [0.15, 0.2) is 22.8 Å². The summed E-state index contributed by atoms with van der Waals surface area (Å²) in [5.74, 6) is 0. The molecule has 0 aliphatic heterocycles. The summed E-state index contributed by atoms with van der Waals surface area (Å²) in [7, 11) is 0. The highest BCUT2D eigenvalue weighted by Gasteiger charge is 2.20. The van der Waals surface area contributed by atoms with Crippen molar-refractivity contribution in [1.29, 1.82) is 0 Å². The summed E-state index contributed by atoms with van der Waals surface area (Å²) in [5, 5.41) is 5.46. The van der Waals surface area contributed by atoms with Crippen molar-refractivity contribution in [3.05, 3.63) is 34.5 Å². The SMILES string of the molecule is Cc1cc(Cl)cc2c(CCNC3CC3)coc12. The number of furan rings is 1. The Morgan fingerprint density at radius 2 is 2.24 bits per heavy atom. The van der Waals surface area contributed by atoms with Crippen LogP contribution in [0.3, 0.4) is 0 Å². The molecule has 0 spiro atoms. The van der Waals surface area contributed by atoms with Gasteiger partial charge in [-0.05, 0) is 56.0 Å². The third-order valence-electron chi connectivity index (χ3n) is 3.31. The van der Waals surface area contributed by atoms with Gasteiger partial charge in [-0.3, -0.25) is 0 Å². The van der Waals surface area contributed by atoms with Crippen LogP contribution in [-0.2, 0) is 6.42 Å². The van der Waals surface area contributed by atoms with Crippen LogP contribution in [0.4, 0.5) is 0 Å². The fourth-order valence-electron chi connectivity index (χ4n) is 2.21. The molecule has 1 aliphatic carbocycles. The fraction of sp³-hybridized carbons (Fsp3) is 0.429. The number of halogens is 1. The van der Waals surface area contributed by atoms with E-state index in [-0.39, 0.29) is 0 Å². The molecule has 0 amide bonds. The number of nitrogens with one attached hydrogen (secondary N) is 1. The molecule has 90 valence electrons.